The molecule has 0 radical (unpaired) electrons. The zero-order valence-electron chi connectivity index (χ0n) is 11.6. The predicted molar refractivity (Wildman–Crippen MR) is 83.4 cm³/mol. The summed E-state index contributed by atoms with van der Waals surface area (Å²) in [5.74, 6) is 0.224. The number of nitrogens with two attached hydrogens (primary N) is 1. The van der Waals surface area contributed by atoms with E-state index >= 15 is 0 Å². The van der Waals surface area contributed by atoms with E-state index in [0.717, 1.165) is 11.3 Å². The number of sulfonamides is 1. The molecule has 3 heterocycles. The molecule has 0 aromatic carbocycles. The van der Waals surface area contributed by atoms with Gasteiger partial charge in [0, 0.05) is 44.0 Å². The number of nitrogens with zero attached hydrogens (tertiary/aromatic N) is 4. The fourth-order valence-corrected chi connectivity index (χ4v) is 4.99. The van der Waals surface area contributed by atoms with E-state index in [2.05, 4.69) is 9.97 Å². The van der Waals surface area contributed by atoms with Crippen LogP contribution >= 0.6 is 11.3 Å². The normalized spacial score (nSPS) is 16.8. The fraction of sp³-hybridized carbons (Fsp3) is 0.333. The molecule has 0 atom stereocenters. The molecule has 0 saturated carbocycles. The number of anilines is 2. The first-order valence-electron chi connectivity index (χ1n) is 6.58. The van der Waals surface area contributed by atoms with Crippen molar-refractivity contribution in [2.45, 2.75) is 4.21 Å². The van der Waals surface area contributed by atoms with Crippen molar-refractivity contribution in [3.8, 4) is 5.75 Å². The standard InChI is InChI=1S/C12H15N5O3S2/c13-9-8-21-11(10(9)18)22(19,20)17-6-4-16(5-7-17)12-14-2-1-3-15-12/h1-3,8,18H,4-7,13H2. The molecule has 1 saturated heterocycles. The van der Waals surface area contributed by atoms with Crippen molar-refractivity contribution in [1.29, 1.82) is 0 Å². The summed E-state index contributed by atoms with van der Waals surface area (Å²) in [6.07, 6.45) is 3.30. The average molecular weight is 341 g/mol. The molecule has 1 fully saturated rings. The first-order chi connectivity index (χ1) is 10.5. The first kappa shape index (κ1) is 15.0. The van der Waals surface area contributed by atoms with Gasteiger partial charge in [-0.15, -0.1) is 11.3 Å². The maximum atomic E-state index is 12.5. The summed E-state index contributed by atoms with van der Waals surface area (Å²) in [5, 5.41) is 11.2. The van der Waals surface area contributed by atoms with E-state index in [-0.39, 0.29) is 15.6 Å². The fourth-order valence-electron chi connectivity index (χ4n) is 2.23. The summed E-state index contributed by atoms with van der Waals surface area (Å²) in [4.78, 5) is 10.2. The predicted octanol–water partition coefficient (Wildman–Crippen LogP) is 0.337. The highest BCUT2D eigenvalue weighted by atomic mass is 32.2. The third kappa shape index (κ3) is 2.60. The third-order valence-electron chi connectivity index (χ3n) is 3.41. The molecule has 118 valence electrons. The van der Waals surface area contributed by atoms with Gasteiger partial charge in [0.05, 0.1) is 5.69 Å². The third-order valence-corrected chi connectivity index (χ3v) is 6.81. The van der Waals surface area contributed by atoms with Gasteiger partial charge < -0.3 is 15.7 Å². The molecule has 8 nitrogen and oxygen atoms in total. The van der Waals surface area contributed by atoms with Crippen molar-refractivity contribution in [2.24, 2.45) is 0 Å². The zero-order chi connectivity index (χ0) is 15.7. The van der Waals surface area contributed by atoms with E-state index in [9.17, 15) is 13.5 Å². The van der Waals surface area contributed by atoms with Gasteiger partial charge in [0.2, 0.25) is 5.95 Å². The molecule has 0 amide bonds. The zero-order valence-corrected chi connectivity index (χ0v) is 13.2. The second kappa shape index (κ2) is 5.71. The molecule has 0 aliphatic carbocycles. The second-order valence-corrected chi connectivity index (χ2v) is 7.78. The van der Waals surface area contributed by atoms with Gasteiger partial charge in [-0.3, -0.25) is 0 Å². The van der Waals surface area contributed by atoms with Gasteiger partial charge in [-0.05, 0) is 6.07 Å². The van der Waals surface area contributed by atoms with Crippen LogP contribution in [0.1, 0.15) is 0 Å². The minimum atomic E-state index is -3.72. The summed E-state index contributed by atoms with van der Waals surface area (Å²) >= 11 is 0.931. The molecule has 22 heavy (non-hydrogen) atoms. The van der Waals surface area contributed by atoms with Gasteiger partial charge in [-0.2, -0.15) is 4.31 Å². The molecule has 0 bridgehead atoms. The van der Waals surface area contributed by atoms with Gasteiger partial charge in [0.1, 0.15) is 0 Å². The molecule has 2 aromatic heterocycles. The Kier molecular flexibility index (Phi) is 3.89. The highest BCUT2D eigenvalue weighted by molar-refractivity contribution is 7.91. The SMILES string of the molecule is Nc1csc(S(=O)(=O)N2CCN(c3ncccn3)CC2)c1O. The van der Waals surface area contributed by atoms with Crippen LogP contribution in [0.4, 0.5) is 11.6 Å². The summed E-state index contributed by atoms with van der Waals surface area (Å²) in [6.45, 7) is 1.59. The number of hydrogen-bond donors (Lipinski definition) is 2. The maximum absolute atomic E-state index is 12.5. The quantitative estimate of drug-likeness (QED) is 0.827. The number of aromatic nitrogens is 2. The van der Waals surface area contributed by atoms with Crippen molar-refractivity contribution in [3.63, 3.8) is 0 Å². The molecule has 1 aliphatic heterocycles. The Hall–Kier alpha value is -1.91. The highest BCUT2D eigenvalue weighted by Gasteiger charge is 2.32. The van der Waals surface area contributed by atoms with Crippen LogP contribution < -0.4 is 10.6 Å². The molecule has 0 unspecified atom stereocenters. The molecule has 0 spiro atoms. The van der Waals surface area contributed by atoms with Crippen molar-refractivity contribution < 1.29 is 13.5 Å². The monoisotopic (exact) mass is 341 g/mol. The van der Waals surface area contributed by atoms with Crippen molar-refractivity contribution in [2.75, 3.05) is 36.8 Å². The summed E-state index contributed by atoms with van der Waals surface area (Å²) < 4.78 is 26.3. The number of rotatable bonds is 3. The molecule has 3 N–H and O–H groups in total. The van der Waals surface area contributed by atoms with E-state index in [1.165, 1.54) is 9.69 Å². The van der Waals surface area contributed by atoms with E-state index in [0.29, 0.717) is 32.1 Å². The molecular formula is C12H15N5O3S2. The number of nitrogen functional groups attached to an aromatic ring is 1. The van der Waals surface area contributed by atoms with E-state index < -0.39 is 10.0 Å². The smallest absolute Gasteiger partial charge is 0.256 e. The second-order valence-electron chi connectivity index (χ2n) is 4.77. The lowest BCUT2D eigenvalue weighted by Gasteiger charge is -2.33. The minimum absolute atomic E-state index is 0.0832. The lowest BCUT2D eigenvalue weighted by molar-refractivity contribution is 0.380. The Morgan fingerprint density at radius 1 is 1.18 bits per heavy atom. The summed E-state index contributed by atoms with van der Waals surface area (Å²) in [7, 11) is -3.72. The van der Waals surface area contributed by atoms with Gasteiger partial charge in [0.25, 0.3) is 10.0 Å². The minimum Gasteiger partial charge on any atom is -0.504 e. The van der Waals surface area contributed by atoms with Crippen LogP contribution in [0.2, 0.25) is 0 Å². The molecule has 3 rings (SSSR count). The summed E-state index contributed by atoms with van der Waals surface area (Å²) in [6, 6.07) is 1.73. The Labute approximate surface area is 131 Å². The Bertz CT molecular complexity index is 754. The largest absolute Gasteiger partial charge is 0.504 e. The van der Waals surface area contributed by atoms with Gasteiger partial charge >= 0.3 is 0 Å². The number of piperazine rings is 1. The van der Waals surface area contributed by atoms with Gasteiger partial charge in [0.15, 0.2) is 9.96 Å². The lowest BCUT2D eigenvalue weighted by Crippen LogP contribution is -2.49. The van der Waals surface area contributed by atoms with Crippen LogP contribution in [0.15, 0.2) is 28.0 Å². The van der Waals surface area contributed by atoms with Gasteiger partial charge in [-0.1, -0.05) is 0 Å². The first-order valence-corrected chi connectivity index (χ1v) is 8.90. The van der Waals surface area contributed by atoms with Gasteiger partial charge in [-0.25, -0.2) is 18.4 Å². The van der Waals surface area contributed by atoms with Crippen molar-refractivity contribution in [3.05, 3.63) is 23.8 Å². The Morgan fingerprint density at radius 3 is 2.36 bits per heavy atom. The Morgan fingerprint density at radius 2 is 1.82 bits per heavy atom. The van der Waals surface area contributed by atoms with Crippen LogP contribution in [-0.2, 0) is 10.0 Å². The molecular weight excluding hydrogens is 326 g/mol. The molecule has 2 aromatic rings. The summed E-state index contributed by atoms with van der Waals surface area (Å²) in [5.41, 5.74) is 5.60. The van der Waals surface area contributed by atoms with E-state index in [1.807, 2.05) is 4.90 Å². The van der Waals surface area contributed by atoms with E-state index in [1.54, 1.807) is 18.5 Å². The van der Waals surface area contributed by atoms with Crippen LogP contribution in [0.25, 0.3) is 0 Å². The van der Waals surface area contributed by atoms with Crippen molar-refractivity contribution in [1.82, 2.24) is 14.3 Å². The average Bonchev–Trinajstić information content (AvgIpc) is 2.88. The van der Waals surface area contributed by atoms with Crippen LogP contribution in [-0.4, -0.2) is 54.0 Å². The number of aromatic hydroxyl groups is 1. The Balaban J connectivity index is 1.75. The van der Waals surface area contributed by atoms with E-state index in [4.69, 9.17) is 5.73 Å². The molecule has 1 aliphatic rings. The number of hydrogen-bond acceptors (Lipinski definition) is 8. The van der Waals surface area contributed by atoms with Crippen LogP contribution in [0.3, 0.4) is 0 Å². The topological polar surface area (TPSA) is 113 Å². The lowest BCUT2D eigenvalue weighted by atomic mass is 10.4. The van der Waals surface area contributed by atoms with Crippen LogP contribution in [0.5, 0.6) is 5.75 Å². The maximum Gasteiger partial charge on any atom is 0.256 e. The molecule has 10 heteroatoms. The number of thiophene rings is 1. The van der Waals surface area contributed by atoms with Crippen LogP contribution in [0, 0.1) is 0 Å². The highest BCUT2D eigenvalue weighted by Crippen LogP contribution is 2.37. The van der Waals surface area contributed by atoms with Crippen molar-refractivity contribution >= 4 is 33.0 Å².